The van der Waals surface area contributed by atoms with E-state index in [-0.39, 0.29) is 54.2 Å². The maximum Gasteiger partial charge on any atom is 0.407 e. The molecule has 0 spiro atoms. The molecule has 518 valence electrons. The summed E-state index contributed by atoms with van der Waals surface area (Å²) in [5.74, 6) is 2.70. The van der Waals surface area contributed by atoms with E-state index in [4.69, 9.17) is 37.8 Å². The summed E-state index contributed by atoms with van der Waals surface area (Å²) in [7, 11) is 3.19. The number of methoxy groups -OCH3 is 2. The van der Waals surface area contributed by atoms with Crippen LogP contribution in [0.1, 0.15) is 75.5 Å². The number of H-pyrrole nitrogens is 2. The molecule has 4 aliphatic heterocycles. The molecule has 0 radical (unpaired) electrons. The van der Waals surface area contributed by atoms with Crippen molar-refractivity contribution in [2.24, 2.45) is 16.8 Å². The Bertz CT molecular complexity index is 3960. The Labute approximate surface area is 576 Å². The number of aliphatic hydroxyl groups excluding tert-OH is 3. The number of hydrogen-bond acceptors (Lipinski definition) is 21. The summed E-state index contributed by atoms with van der Waals surface area (Å²) in [5.41, 5.74) is 11.1. The summed E-state index contributed by atoms with van der Waals surface area (Å²) >= 11 is 1.89. The second kappa shape index (κ2) is 34.6. The molecule has 24 nitrogen and oxygen atoms in total. The summed E-state index contributed by atoms with van der Waals surface area (Å²) in [4.78, 5) is 85.8. The zero-order valence-electron chi connectivity index (χ0n) is 55.1. The number of fused-ring (bicyclic) bond motifs is 2. The molecule has 7 atom stereocenters. The van der Waals surface area contributed by atoms with Crippen LogP contribution in [0.4, 0.5) is 9.59 Å². The summed E-state index contributed by atoms with van der Waals surface area (Å²) in [6.45, 7) is 4.89. The van der Waals surface area contributed by atoms with E-state index >= 15 is 0 Å². The molecule has 6 aliphatic rings. The minimum atomic E-state index is -0.929. The number of carbonyl (C=O) groups is 4. The van der Waals surface area contributed by atoms with Gasteiger partial charge in [0.2, 0.25) is 0 Å². The van der Waals surface area contributed by atoms with E-state index in [1.807, 2.05) is 103 Å². The van der Waals surface area contributed by atoms with Gasteiger partial charge in [-0.3, -0.25) is 19.4 Å². The van der Waals surface area contributed by atoms with Gasteiger partial charge in [-0.1, -0.05) is 109 Å². The number of aliphatic hydroxyl groups is 3. The Morgan fingerprint density at radius 3 is 1.84 bits per heavy atom. The van der Waals surface area contributed by atoms with Crippen LogP contribution in [-0.4, -0.2) is 165 Å². The first-order chi connectivity index (χ1) is 48.3. The van der Waals surface area contributed by atoms with E-state index < -0.39 is 24.4 Å². The number of thioether (sulfide) groups is 1. The van der Waals surface area contributed by atoms with Crippen molar-refractivity contribution in [2.45, 2.75) is 94.9 Å². The van der Waals surface area contributed by atoms with E-state index in [9.17, 15) is 39.3 Å². The fourth-order valence-corrected chi connectivity index (χ4v) is 13.7. The van der Waals surface area contributed by atoms with Gasteiger partial charge >= 0.3 is 12.2 Å². The Hall–Kier alpha value is -9.76. The number of oxazole rings is 1. The van der Waals surface area contributed by atoms with Crippen molar-refractivity contribution < 1.29 is 67.3 Å². The summed E-state index contributed by atoms with van der Waals surface area (Å²) < 4.78 is 37.3. The quantitative estimate of drug-likeness (QED) is 0.0355. The first-order valence-electron chi connectivity index (χ1n) is 33.0. The second-order valence-corrected chi connectivity index (χ2v) is 25.7. The number of aliphatic imine (C=N–C) groups is 1. The first kappa shape index (κ1) is 70.6. The lowest BCUT2D eigenvalue weighted by Crippen LogP contribution is -2.29. The summed E-state index contributed by atoms with van der Waals surface area (Å²) in [5, 5.41) is 35.9. The molecule has 14 rings (SSSR count). The number of amidine groups is 1. The number of aromatic nitrogens is 5. The van der Waals surface area contributed by atoms with Crippen molar-refractivity contribution in [1.82, 2.24) is 40.5 Å². The van der Waals surface area contributed by atoms with Crippen LogP contribution in [0.2, 0.25) is 0 Å². The highest BCUT2D eigenvalue weighted by Gasteiger charge is 2.44. The van der Waals surface area contributed by atoms with E-state index in [0.29, 0.717) is 106 Å². The maximum atomic E-state index is 12.7. The minimum absolute atomic E-state index is 0.0789. The predicted octanol–water partition coefficient (Wildman–Crippen LogP) is 8.38. The Morgan fingerprint density at radius 2 is 1.29 bits per heavy atom. The van der Waals surface area contributed by atoms with Crippen LogP contribution in [0.15, 0.2) is 167 Å². The monoisotopic (exact) mass is 1370 g/mol. The number of allylic oxidation sites excluding steroid dienone is 1. The van der Waals surface area contributed by atoms with Gasteiger partial charge in [0.1, 0.15) is 35.3 Å². The zero-order chi connectivity index (χ0) is 69.0. The lowest BCUT2D eigenvalue weighted by Gasteiger charge is -2.18. The van der Waals surface area contributed by atoms with Gasteiger partial charge < -0.3 is 73.7 Å². The van der Waals surface area contributed by atoms with Crippen LogP contribution in [0.5, 0.6) is 11.5 Å². The number of ether oxygens (including phenoxy) is 6. The molecule has 3 aromatic heterocycles. The fraction of sp³-hybridized carbons (Fsp3) is 0.365. The number of carbonyl (C=O) groups excluding carboxylic acids is 4. The molecule has 3 saturated heterocycles. The van der Waals surface area contributed by atoms with Crippen molar-refractivity contribution in [2.75, 3.05) is 66.1 Å². The number of Topliss-reactive ketones (excluding diaryl/α,β-unsaturated/α-hetero) is 2. The van der Waals surface area contributed by atoms with Gasteiger partial charge in [-0.2, -0.15) is 0 Å². The fourth-order valence-electron chi connectivity index (χ4n) is 12.6. The Balaban J connectivity index is 0.000000140. The average molecular weight is 1370 g/mol. The smallest absolute Gasteiger partial charge is 0.407 e. The van der Waals surface area contributed by atoms with Crippen molar-refractivity contribution in [3.63, 3.8) is 0 Å². The van der Waals surface area contributed by atoms with E-state index in [1.54, 1.807) is 32.9 Å². The zero-order valence-corrected chi connectivity index (χ0v) is 55.9. The molecular weight excluding hydrogens is 1290 g/mol. The van der Waals surface area contributed by atoms with Crippen LogP contribution in [0.3, 0.4) is 0 Å². The molecule has 7 heterocycles. The largest absolute Gasteiger partial charge is 0.496 e. The Morgan fingerprint density at radius 1 is 0.687 bits per heavy atom. The molecule has 1 unspecified atom stereocenters. The molecule has 25 heteroatoms. The van der Waals surface area contributed by atoms with Crippen LogP contribution in [0, 0.1) is 11.8 Å². The van der Waals surface area contributed by atoms with Crippen molar-refractivity contribution in [3.8, 4) is 34.1 Å². The summed E-state index contributed by atoms with van der Waals surface area (Å²) in [6, 6.07) is 37.5. The molecule has 8 aromatic rings. The highest BCUT2D eigenvalue weighted by molar-refractivity contribution is 8.14. The van der Waals surface area contributed by atoms with Gasteiger partial charge in [-0.25, -0.2) is 24.5 Å². The number of nitrogens with one attached hydrogen (secondary N) is 4. The first-order valence-corrected chi connectivity index (χ1v) is 34.0. The second-order valence-electron chi connectivity index (χ2n) is 24.6. The standard InChI is InChI=1S/C25H27N3O5.C25H26N2O6.C13H16N2O4.C11H12N2S/c1-31-24-12-18(5-6-22(24)23-14-26-16-28-23)11-20(29)10-17-3-2-4-19(9-17)13-27-25(30)33-21-7-8-32-15-21;1-30-23-12-18(5-6-22(23)24-14-26-16-32-24)11-20(28)10-17-3-2-4-19(9-17)13-27-25(29)33-21-7-8-31-15-21;16-4-6-3-9(12(18)11(6)17)7-1-2-8-10(7)14-5-15-13(8)19;1-2-4-9(5-3-1)10-8-13-6-7-14-11(13)12-10/h2-6,9,12,14,16,21H,7-8,10-11,13,15H2,1H3,(H,26,28)(H,27,30);2-6,9,12,14,16,21H,7-8,10-11,13,15H2,1H3,(H,27,29);1,5-6,9,11-12,16-18H,2-4H2,(H,14,15,19);1-5,10H,6-8H2/t2*21-;6-,9+,11-,12+;/m001./s1. The lowest BCUT2D eigenvalue weighted by molar-refractivity contribution is -0.118. The number of hydrogen-bond donors (Lipinski definition) is 7. The van der Waals surface area contributed by atoms with Crippen LogP contribution in [-0.2, 0) is 73.7 Å². The van der Waals surface area contributed by atoms with E-state index in [1.165, 1.54) is 35.7 Å². The number of amides is 2. The number of benzene rings is 5. The Kier molecular flexibility index (Phi) is 24.7. The normalized spacial score (nSPS) is 20.1. The predicted molar refractivity (Wildman–Crippen MR) is 370 cm³/mol. The van der Waals surface area contributed by atoms with Gasteiger partial charge in [0.15, 0.2) is 17.3 Å². The number of imidazole rings is 1. The molecule has 5 aromatic carbocycles. The van der Waals surface area contributed by atoms with Gasteiger partial charge in [-0.05, 0) is 81.6 Å². The lowest BCUT2D eigenvalue weighted by atomic mass is 9.93. The third kappa shape index (κ3) is 19.1. The molecular formula is C74H81N9O15S. The highest BCUT2D eigenvalue weighted by Crippen LogP contribution is 2.42. The number of nitrogens with zero attached hydrogens (tertiary/aromatic N) is 5. The van der Waals surface area contributed by atoms with Crippen LogP contribution in [0.25, 0.3) is 28.2 Å². The highest BCUT2D eigenvalue weighted by atomic mass is 32.2. The van der Waals surface area contributed by atoms with Gasteiger partial charge in [0, 0.05) is 100 Å². The van der Waals surface area contributed by atoms with Gasteiger partial charge in [-0.15, -0.1) is 0 Å². The maximum absolute atomic E-state index is 12.7. The number of alkyl carbamates (subject to hydrolysis) is 2. The average Bonchev–Trinajstić information content (AvgIpc) is 1.63. The van der Waals surface area contributed by atoms with Gasteiger partial charge in [0.25, 0.3) is 5.56 Å². The third-order valence-electron chi connectivity index (χ3n) is 17.7. The number of aromatic amines is 2. The molecule has 2 aliphatic carbocycles. The molecule has 1 saturated carbocycles. The van der Waals surface area contributed by atoms with Crippen LogP contribution >= 0.6 is 11.8 Å². The van der Waals surface area contributed by atoms with Crippen molar-refractivity contribution >= 4 is 46.3 Å². The summed E-state index contributed by atoms with van der Waals surface area (Å²) in [6.07, 6.45) is 10.1. The minimum Gasteiger partial charge on any atom is -0.496 e. The molecule has 4 fully saturated rings. The van der Waals surface area contributed by atoms with E-state index in [0.717, 1.165) is 75.2 Å². The van der Waals surface area contributed by atoms with Crippen molar-refractivity contribution in [1.29, 1.82) is 0 Å². The third-order valence-corrected chi connectivity index (χ3v) is 18.7. The van der Waals surface area contributed by atoms with Crippen LogP contribution < -0.4 is 25.7 Å². The molecule has 99 heavy (non-hydrogen) atoms. The molecule has 7 N–H and O–H groups in total. The molecule has 2 amide bonds. The van der Waals surface area contributed by atoms with Crippen molar-refractivity contribution in [3.05, 3.63) is 213 Å². The topological polar surface area (TPSA) is 324 Å². The van der Waals surface area contributed by atoms with E-state index in [2.05, 4.69) is 70.8 Å². The van der Waals surface area contributed by atoms with Gasteiger partial charge in [0.05, 0.1) is 101 Å². The SMILES string of the molecule is COc1cc(CC(=O)Cc2cccc(CNC(=O)O[C@H]3CCOC3)c2)ccc1-c1cnc[nH]1.COc1cc(CC(=O)Cc2cccc(CNC(=O)O[C@H]3CCOC3)c2)ccc1-c1cnco1.O=c1[nH]cnc2c1CC=C2[C@@H]1C[C@H](CO)[C@@H](O)[C@H]1O.c1ccc(C2CN3CCSC3=N2)cc1. The number of ketones is 2. The number of rotatable bonds is 21. The molecule has 0 bridgehead atoms.